The minimum atomic E-state index is 0.418. The van der Waals surface area contributed by atoms with Crippen molar-refractivity contribution in [3.63, 3.8) is 0 Å². The van der Waals surface area contributed by atoms with Crippen molar-refractivity contribution in [3.8, 4) is 0 Å². The third-order valence-corrected chi connectivity index (χ3v) is 3.89. The Labute approximate surface area is 95.0 Å². The zero-order valence-electron chi connectivity index (χ0n) is 9.79. The van der Waals surface area contributed by atoms with E-state index in [1.165, 1.54) is 5.69 Å². The fourth-order valence-electron chi connectivity index (χ4n) is 3.26. The Morgan fingerprint density at radius 3 is 2.38 bits per heavy atom. The molecule has 0 saturated carbocycles. The number of anilines is 1. The number of carbonyl (C=O) groups is 1. The monoisotopic (exact) mass is 219 g/mol. The van der Waals surface area contributed by atoms with Gasteiger partial charge in [-0.1, -0.05) is 0 Å². The van der Waals surface area contributed by atoms with Gasteiger partial charge in [-0.2, -0.15) is 5.10 Å². The maximum atomic E-state index is 11.6. The third kappa shape index (κ3) is 1.29. The summed E-state index contributed by atoms with van der Waals surface area (Å²) in [7, 11) is 0. The van der Waals surface area contributed by atoms with Gasteiger partial charge in [0.2, 0.25) is 0 Å². The SMILES string of the molecule is Cc1n[nH]c(C)c1N1C2CCC1CC(=O)C2. The normalized spacial score (nSPS) is 28.9. The lowest BCUT2D eigenvalue weighted by molar-refractivity contribution is -0.120. The molecule has 0 spiro atoms. The fraction of sp³-hybridized carbons (Fsp3) is 0.667. The zero-order chi connectivity index (χ0) is 11.3. The summed E-state index contributed by atoms with van der Waals surface area (Å²) in [5, 5.41) is 7.29. The van der Waals surface area contributed by atoms with Crippen LogP contribution in [0, 0.1) is 13.8 Å². The summed E-state index contributed by atoms with van der Waals surface area (Å²) in [6.07, 6.45) is 3.75. The summed E-state index contributed by atoms with van der Waals surface area (Å²) in [6, 6.07) is 0.836. The van der Waals surface area contributed by atoms with Crippen molar-refractivity contribution >= 4 is 11.5 Å². The summed E-state index contributed by atoms with van der Waals surface area (Å²) in [6.45, 7) is 4.10. The van der Waals surface area contributed by atoms with Crippen LogP contribution in [0.1, 0.15) is 37.1 Å². The molecule has 2 atom stereocenters. The summed E-state index contributed by atoms with van der Waals surface area (Å²) in [5.74, 6) is 0.433. The summed E-state index contributed by atoms with van der Waals surface area (Å²) in [4.78, 5) is 14.0. The first kappa shape index (κ1) is 9.87. The average Bonchev–Trinajstić information content (AvgIpc) is 2.67. The van der Waals surface area contributed by atoms with Gasteiger partial charge in [0, 0.05) is 24.9 Å². The van der Waals surface area contributed by atoms with Gasteiger partial charge in [-0.05, 0) is 26.7 Å². The second-order valence-corrected chi connectivity index (χ2v) is 5.02. The van der Waals surface area contributed by atoms with Gasteiger partial charge in [-0.15, -0.1) is 0 Å². The Morgan fingerprint density at radius 2 is 1.88 bits per heavy atom. The number of hydrogen-bond acceptors (Lipinski definition) is 3. The number of nitrogens with one attached hydrogen (secondary N) is 1. The van der Waals surface area contributed by atoms with Crippen LogP contribution in [0.3, 0.4) is 0 Å². The van der Waals surface area contributed by atoms with Crippen molar-refractivity contribution in [3.05, 3.63) is 11.4 Å². The van der Waals surface area contributed by atoms with E-state index < -0.39 is 0 Å². The van der Waals surface area contributed by atoms with E-state index in [0.29, 0.717) is 17.9 Å². The number of rotatable bonds is 1. The molecular formula is C12H17N3O. The minimum absolute atomic E-state index is 0.418. The summed E-state index contributed by atoms with van der Waals surface area (Å²) in [5.41, 5.74) is 3.42. The largest absolute Gasteiger partial charge is 0.362 e. The van der Waals surface area contributed by atoms with Crippen molar-refractivity contribution in [1.82, 2.24) is 10.2 Å². The molecule has 1 aromatic heterocycles. The van der Waals surface area contributed by atoms with Crippen LogP contribution in [0.15, 0.2) is 0 Å². The van der Waals surface area contributed by atoms with Crippen LogP contribution in [-0.2, 0) is 4.79 Å². The van der Waals surface area contributed by atoms with Gasteiger partial charge >= 0.3 is 0 Å². The number of piperidine rings is 1. The maximum absolute atomic E-state index is 11.6. The Bertz CT molecular complexity index is 402. The lowest BCUT2D eigenvalue weighted by Crippen LogP contribution is -2.43. The highest BCUT2D eigenvalue weighted by Crippen LogP contribution is 2.39. The first-order valence-electron chi connectivity index (χ1n) is 5.98. The Morgan fingerprint density at radius 1 is 1.25 bits per heavy atom. The molecule has 86 valence electrons. The molecule has 2 saturated heterocycles. The second kappa shape index (κ2) is 3.34. The first-order valence-corrected chi connectivity index (χ1v) is 5.98. The first-order chi connectivity index (χ1) is 7.66. The van der Waals surface area contributed by atoms with Crippen LogP contribution < -0.4 is 4.90 Å². The molecule has 2 bridgehead atoms. The predicted octanol–water partition coefficient (Wildman–Crippen LogP) is 1.73. The molecule has 2 aliphatic heterocycles. The van der Waals surface area contributed by atoms with Crippen LogP contribution in [0.25, 0.3) is 0 Å². The van der Waals surface area contributed by atoms with E-state index in [0.717, 1.165) is 37.1 Å². The Balaban J connectivity index is 2.00. The third-order valence-electron chi connectivity index (χ3n) is 3.89. The minimum Gasteiger partial charge on any atom is -0.362 e. The number of aryl methyl sites for hydroxylation is 2. The van der Waals surface area contributed by atoms with Gasteiger partial charge in [0.1, 0.15) is 5.78 Å². The van der Waals surface area contributed by atoms with Gasteiger partial charge < -0.3 is 4.90 Å². The predicted molar refractivity (Wildman–Crippen MR) is 61.6 cm³/mol. The van der Waals surface area contributed by atoms with Gasteiger partial charge in [0.05, 0.1) is 17.1 Å². The average molecular weight is 219 g/mol. The van der Waals surface area contributed by atoms with Crippen LogP contribution in [0.4, 0.5) is 5.69 Å². The summed E-state index contributed by atoms with van der Waals surface area (Å²) >= 11 is 0. The van der Waals surface area contributed by atoms with E-state index in [1.54, 1.807) is 0 Å². The molecule has 4 heteroatoms. The second-order valence-electron chi connectivity index (χ2n) is 5.02. The number of H-pyrrole nitrogens is 1. The van der Waals surface area contributed by atoms with Crippen LogP contribution >= 0.6 is 0 Å². The number of fused-ring (bicyclic) bond motifs is 2. The molecule has 0 amide bonds. The number of carbonyl (C=O) groups excluding carboxylic acids is 1. The van der Waals surface area contributed by atoms with E-state index >= 15 is 0 Å². The van der Waals surface area contributed by atoms with Crippen LogP contribution in [0.5, 0.6) is 0 Å². The van der Waals surface area contributed by atoms with Crippen molar-refractivity contribution in [1.29, 1.82) is 0 Å². The Kier molecular flexibility index (Phi) is 2.06. The van der Waals surface area contributed by atoms with Crippen LogP contribution in [0.2, 0.25) is 0 Å². The van der Waals surface area contributed by atoms with Crippen molar-refractivity contribution < 1.29 is 4.79 Å². The molecule has 3 rings (SSSR count). The highest BCUT2D eigenvalue weighted by Gasteiger charge is 2.41. The smallest absolute Gasteiger partial charge is 0.137 e. The topological polar surface area (TPSA) is 49.0 Å². The number of aromatic amines is 1. The zero-order valence-corrected chi connectivity index (χ0v) is 9.79. The lowest BCUT2D eigenvalue weighted by Gasteiger charge is -2.36. The van der Waals surface area contributed by atoms with Gasteiger partial charge in [-0.3, -0.25) is 9.89 Å². The number of nitrogens with zero attached hydrogens (tertiary/aromatic N) is 2. The van der Waals surface area contributed by atoms with Crippen molar-refractivity contribution in [2.45, 2.75) is 51.6 Å². The fourth-order valence-corrected chi connectivity index (χ4v) is 3.26. The molecule has 2 fully saturated rings. The molecule has 2 unspecified atom stereocenters. The van der Waals surface area contributed by atoms with E-state index in [-0.39, 0.29) is 0 Å². The molecule has 4 nitrogen and oxygen atoms in total. The summed E-state index contributed by atoms with van der Waals surface area (Å²) < 4.78 is 0. The number of Topliss-reactive ketones (excluding diaryl/α,β-unsaturated/α-hetero) is 1. The number of ketones is 1. The van der Waals surface area contributed by atoms with E-state index in [2.05, 4.69) is 22.0 Å². The van der Waals surface area contributed by atoms with Crippen molar-refractivity contribution in [2.24, 2.45) is 0 Å². The molecule has 0 aromatic carbocycles. The van der Waals surface area contributed by atoms with Crippen LogP contribution in [-0.4, -0.2) is 28.1 Å². The number of aromatic nitrogens is 2. The molecule has 0 radical (unpaired) electrons. The van der Waals surface area contributed by atoms with Gasteiger partial charge in [0.25, 0.3) is 0 Å². The van der Waals surface area contributed by atoms with Gasteiger partial charge in [-0.25, -0.2) is 0 Å². The highest BCUT2D eigenvalue weighted by molar-refractivity contribution is 5.83. The molecule has 0 aliphatic carbocycles. The molecular weight excluding hydrogens is 202 g/mol. The quantitative estimate of drug-likeness (QED) is 0.782. The lowest BCUT2D eigenvalue weighted by atomic mass is 10.00. The van der Waals surface area contributed by atoms with E-state index in [4.69, 9.17) is 0 Å². The molecule has 3 heterocycles. The molecule has 2 aliphatic rings. The molecule has 1 aromatic rings. The standard InChI is InChI=1S/C12H17N3O/c1-7-12(8(2)14-13-7)15-9-3-4-10(15)6-11(16)5-9/h9-10H,3-6H2,1-2H3,(H,13,14). The maximum Gasteiger partial charge on any atom is 0.137 e. The van der Waals surface area contributed by atoms with Gasteiger partial charge in [0.15, 0.2) is 0 Å². The number of hydrogen-bond donors (Lipinski definition) is 1. The van der Waals surface area contributed by atoms with Crippen molar-refractivity contribution in [2.75, 3.05) is 4.90 Å². The molecule has 1 N–H and O–H groups in total. The molecule has 16 heavy (non-hydrogen) atoms. The van der Waals surface area contributed by atoms with E-state index in [1.807, 2.05) is 6.92 Å². The highest BCUT2D eigenvalue weighted by atomic mass is 16.1. The van der Waals surface area contributed by atoms with E-state index in [9.17, 15) is 4.79 Å². The Hall–Kier alpha value is -1.32.